The van der Waals surface area contributed by atoms with E-state index < -0.39 is 0 Å². The standard InChI is InChI=1S/C23H26N4O/c28-22-15-19-6-2-4-8-21(19)25-27(22)16-17-10-13-26(14-11-17)23-20-7-3-1-5-18(20)9-12-24-23/h1,3,5,7,9,12,15,17H,2,4,6,8,10-11,13-14,16H2. The number of piperidine rings is 1. The van der Waals surface area contributed by atoms with Gasteiger partial charge in [0.05, 0.1) is 5.69 Å². The Labute approximate surface area is 165 Å². The van der Waals surface area contributed by atoms with E-state index in [9.17, 15) is 4.79 Å². The highest BCUT2D eigenvalue weighted by Gasteiger charge is 2.23. The first-order valence-electron chi connectivity index (χ1n) is 10.5. The minimum atomic E-state index is 0.0683. The fourth-order valence-corrected chi connectivity index (χ4v) is 4.66. The van der Waals surface area contributed by atoms with Gasteiger partial charge in [-0.25, -0.2) is 9.67 Å². The number of fused-ring (bicyclic) bond motifs is 2. The lowest BCUT2D eigenvalue weighted by atomic mass is 9.95. The topological polar surface area (TPSA) is 51.0 Å². The Morgan fingerprint density at radius 2 is 1.86 bits per heavy atom. The summed E-state index contributed by atoms with van der Waals surface area (Å²) in [5.74, 6) is 1.58. The fourth-order valence-electron chi connectivity index (χ4n) is 4.66. The number of nitrogens with zero attached hydrogens (tertiary/aromatic N) is 4. The molecule has 0 amide bonds. The van der Waals surface area contributed by atoms with Gasteiger partial charge in [0.25, 0.3) is 5.56 Å². The summed E-state index contributed by atoms with van der Waals surface area (Å²) in [7, 11) is 0. The molecule has 0 N–H and O–H groups in total. The molecule has 1 aliphatic heterocycles. The summed E-state index contributed by atoms with van der Waals surface area (Å²) in [4.78, 5) is 19.5. The van der Waals surface area contributed by atoms with Crippen LogP contribution in [0.4, 0.5) is 5.82 Å². The van der Waals surface area contributed by atoms with Crippen molar-refractivity contribution in [2.45, 2.75) is 45.1 Å². The van der Waals surface area contributed by atoms with Gasteiger partial charge in [0.15, 0.2) is 0 Å². The van der Waals surface area contributed by atoms with Gasteiger partial charge in [0.1, 0.15) is 5.82 Å². The zero-order chi connectivity index (χ0) is 18.9. The number of rotatable bonds is 3. The van der Waals surface area contributed by atoms with Gasteiger partial charge in [-0.2, -0.15) is 5.10 Å². The number of aryl methyl sites for hydroxylation is 2. The zero-order valence-electron chi connectivity index (χ0n) is 16.2. The van der Waals surface area contributed by atoms with Gasteiger partial charge in [-0.05, 0) is 61.5 Å². The van der Waals surface area contributed by atoms with Crippen molar-refractivity contribution < 1.29 is 0 Å². The average Bonchev–Trinajstić information content (AvgIpc) is 2.74. The summed E-state index contributed by atoms with van der Waals surface area (Å²) in [6.45, 7) is 2.69. The summed E-state index contributed by atoms with van der Waals surface area (Å²) in [6.07, 6.45) is 8.43. The van der Waals surface area contributed by atoms with E-state index in [4.69, 9.17) is 5.10 Å². The maximum atomic E-state index is 12.5. The number of benzene rings is 1. The molecule has 2 aliphatic rings. The molecule has 1 aromatic carbocycles. The number of anilines is 1. The number of hydrogen-bond acceptors (Lipinski definition) is 4. The molecule has 28 heavy (non-hydrogen) atoms. The molecule has 3 heterocycles. The third kappa shape index (κ3) is 3.30. The summed E-state index contributed by atoms with van der Waals surface area (Å²) in [5.41, 5.74) is 2.38. The van der Waals surface area contributed by atoms with Crippen LogP contribution >= 0.6 is 0 Å². The second-order valence-electron chi connectivity index (χ2n) is 8.13. The zero-order valence-corrected chi connectivity index (χ0v) is 16.2. The van der Waals surface area contributed by atoms with Crippen LogP contribution in [-0.2, 0) is 19.4 Å². The van der Waals surface area contributed by atoms with Crippen molar-refractivity contribution in [2.24, 2.45) is 5.92 Å². The van der Waals surface area contributed by atoms with E-state index in [0.717, 1.165) is 56.8 Å². The van der Waals surface area contributed by atoms with Crippen LogP contribution in [0.2, 0.25) is 0 Å². The highest BCUT2D eigenvalue weighted by atomic mass is 16.1. The van der Waals surface area contributed by atoms with Crippen molar-refractivity contribution >= 4 is 16.6 Å². The van der Waals surface area contributed by atoms with Crippen LogP contribution in [0, 0.1) is 5.92 Å². The molecule has 0 atom stereocenters. The first-order valence-corrected chi connectivity index (χ1v) is 10.5. The number of aromatic nitrogens is 3. The van der Waals surface area contributed by atoms with Gasteiger partial charge in [-0.15, -0.1) is 0 Å². The Kier molecular flexibility index (Phi) is 4.59. The lowest BCUT2D eigenvalue weighted by Gasteiger charge is -2.33. The maximum Gasteiger partial charge on any atom is 0.267 e. The second-order valence-corrected chi connectivity index (χ2v) is 8.13. The van der Waals surface area contributed by atoms with Crippen LogP contribution in [-0.4, -0.2) is 27.9 Å². The third-order valence-electron chi connectivity index (χ3n) is 6.27. The molecule has 1 aliphatic carbocycles. The second kappa shape index (κ2) is 7.38. The van der Waals surface area contributed by atoms with Gasteiger partial charge < -0.3 is 4.90 Å². The molecule has 1 fully saturated rings. The lowest BCUT2D eigenvalue weighted by Crippen LogP contribution is -2.37. The van der Waals surface area contributed by atoms with E-state index in [1.165, 1.54) is 29.2 Å². The van der Waals surface area contributed by atoms with E-state index >= 15 is 0 Å². The van der Waals surface area contributed by atoms with Crippen molar-refractivity contribution in [2.75, 3.05) is 18.0 Å². The molecule has 5 rings (SSSR count). The van der Waals surface area contributed by atoms with Crippen LogP contribution < -0.4 is 10.5 Å². The van der Waals surface area contributed by atoms with Crippen LogP contribution in [0.5, 0.6) is 0 Å². The van der Waals surface area contributed by atoms with Crippen LogP contribution in [0.3, 0.4) is 0 Å². The fraction of sp³-hybridized carbons (Fsp3) is 0.435. The average molecular weight is 374 g/mol. The van der Waals surface area contributed by atoms with E-state index in [1.54, 1.807) is 4.68 Å². The van der Waals surface area contributed by atoms with Crippen LogP contribution in [0.25, 0.3) is 10.8 Å². The SMILES string of the molecule is O=c1cc2c(nn1CC1CCN(c3nccc4ccccc34)CC1)CCCC2. The third-order valence-corrected chi connectivity index (χ3v) is 6.27. The highest BCUT2D eigenvalue weighted by Crippen LogP contribution is 2.28. The molecule has 5 nitrogen and oxygen atoms in total. The molecular weight excluding hydrogens is 348 g/mol. The van der Waals surface area contributed by atoms with Crippen molar-refractivity contribution in [3.8, 4) is 0 Å². The summed E-state index contributed by atoms with van der Waals surface area (Å²) in [6, 6.07) is 12.3. The normalized spacial score (nSPS) is 17.6. The minimum absolute atomic E-state index is 0.0683. The Hall–Kier alpha value is -2.69. The predicted molar refractivity (Wildman–Crippen MR) is 112 cm³/mol. The molecule has 144 valence electrons. The molecule has 0 spiro atoms. The molecule has 0 bridgehead atoms. The van der Waals surface area contributed by atoms with Gasteiger partial charge in [-0.3, -0.25) is 4.79 Å². The van der Waals surface area contributed by atoms with Gasteiger partial charge in [0, 0.05) is 37.3 Å². The van der Waals surface area contributed by atoms with Crippen molar-refractivity contribution in [1.29, 1.82) is 0 Å². The van der Waals surface area contributed by atoms with Gasteiger partial charge in [0.2, 0.25) is 0 Å². The number of hydrogen-bond donors (Lipinski definition) is 0. The smallest absolute Gasteiger partial charge is 0.267 e. The Morgan fingerprint density at radius 1 is 1.04 bits per heavy atom. The predicted octanol–water partition coefficient (Wildman–Crippen LogP) is 3.59. The monoisotopic (exact) mass is 374 g/mol. The minimum Gasteiger partial charge on any atom is -0.356 e. The van der Waals surface area contributed by atoms with Gasteiger partial charge >= 0.3 is 0 Å². The molecule has 0 radical (unpaired) electrons. The molecule has 1 saturated heterocycles. The van der Waals surface area contributed by atoms with Crippen molar-refractivity contribution in [3.05, 3.63) is 64.2 Å². The Balaban J connectivity index is 1.29. The Bertz CT molecular complexity index is 1040. The van der Waals surface area contributed by atoms with Crippen LogP contribution in [0.15, 0.2) is 47.4 Å². The first-order chi connectivity index (χ1) is 13.8. The summed E-state index contributed by atoms with van der Waals surface area (Å²) < 4.78 is 1.72. The summed E-state index contributed by atoms with van der Waals surface area (Å²) >= 11 is 0. The van der Waals surface area contributed by atoms with Crippen molar-refractivity contribution in [3.63, 3.8) is 0 Å². The molecule has 2 aromatic heterocycles. The van der Waals surface area contributed by atoms with Crippen LogP contribution in [0.1, 0.15) is 36.9 Å². The van der Waals surface area contributed by atoms with E-state index in [1.807, 2.05) is 12.3 Å². The molecular formula is C23H26N4O. The number of pyridine rings is 1. The lowest BCUT2D eigenvalue weighted by molar-refractivity contribution is 0.332. The van der Waals surface area contributed by atoms with Gasteiger partial charge in [-0.1, -0.05) is 24.3 Å². The van der Waals surface area contributed by atoms with Crippen molar-refractivity contribution in [1.82, 2.24) is 14.8 Å². The molecule has 0 saturated carbocycles. The first kappa shape index (κ1) is 17.4. The molecule has 5 heteroatoms. The molecule has 0 unspecified atom stereocenters. The maximum absolute atomic E-state index is 12.5. The largest absolute Gasteiger partial charge is 0.356 e. The highest BCUT2D eigenvalue weighted by molar-refractivity contribution is 5.92. The Morgan fingerprint density at radius 3 is 2.75 bits per heavy atom. The summed E-state index contributed by atoms with van der Waals surface area (Å²) in [5, 5.41) is 7.16. The molecule has 3 aromatic rings. The van der Waals surface area contributed by atoms with E-state index in [0.29, 0.717) is 5.92 Å². The van der Waals surface area contributed by atoms with E-state index in [2.05, 4.69) is 40.2 Å². The van der Waals surface area contributed by atoms with E-state index in [-0.39, 0.29) is 5.56 Å². The quantitative estimate of drug-likeness (QED) is 0.703.